The molecule has 100 valence electrons. The van der Waals surface area contributed by atoms with Gasteiger partial charge in [0.2, 0.25) is 5.91 Å². The SMILES string of the molecule is CC(C)CCNC(=O)CNC1CCCC(C)C1. The van der Waals surface area contributed by atoms with Gasteiger partial charge in [0, 0.05) is 12.6 Å². The van der Waals surface area contributed by atoms with Crippen LogP contribution in [-0.2, 0) is 4.79 Å². The Kier molecular flexibility index (Phi) is 6.56. The van der Waals surface area contributed by atoms with Crippen molar-refractivity contribution < 1.29 is 4.79 Å². The molecule has 0 aliphatic heterocycles. The molecule has 1 fully saturated rings. The van der Waals surface area contributed by atoms with Gasteiger partial charge in [0.15, 0.2) is 0 Å². The zero-order chi connectivity index (χ0) is 12.7. The molecule has 0 aromatic rings. The van der Waals surface area contributed by atoms with E-state index in [-0.39, 0.29) is 5.91 Å². The third-order valence-electron chi connectivity index (χ3n) is 3.53. The lowest BCUT2D eigenvalue weighted by Crippen LogP contribution is -2.41. The van der Waals surface area contributed by atoms with Crippen LogP contribution in [0.3, 0.4) is 0 Å². The molecule has 2 unspecified atom stereocenters. The predicted molar refractivity (Wildman–Crippen MR) is 71.9 cm³/mol. The van der Waals surface area contributed by atoms with E-state index < -0.39 is 0 Å². The van der Waals surface area contributed by atoms with Crippen LogP contribution in [0, 0.1) is 11.8 Å². The van der Waals surface area contributed by atoms with Crippen LogP contribution >= 0.6 is 0 Å². The lowest BCUT2D eigenvalue weighted by atomic mass is 9.87. The van der Waals surface area contributed by atoms with Gasteiger partial charge in [0.25, 0.3) is 0 Å². The topological polar surface area (TPSA) is 41.1 Å². The van der Waals surface area contributed by atoms with Gasteiger partial charge in [-0.25, -0.2) is 0 Å². The highest BCUT2D eigenvalue weighted by Gasteiger charge is 2.18. The van der Waals surface area contributed by atoms with Crippen LogP contribution in [0.25, 0.3) is 0 Å². The van der Waals surface area contributed by atoms with Crippen molar-refractivity contribution in [2.24, 2.45) is 11.8 Å². The van der Waals surface area contributed by atoms with Gasteiger partial charge in [0.1, 0.15) is 0 Å². The minimum absolute atomic E-state index is 0.142. The van der Waals surface area contributed by atoms with Gasteiger partial charge in [0.05, 0.1) is 6.54 Å². The number of nitrogens with one attached hydrogen (secondary N) is 2. The summed E-state index contributed by atoms with van der Waals surface area (Å²) in [6.07, 6.45) is 6.15. The van der Waals surface area contributed by atoms with E-state index in [4.69, 9.17) is 0 Å². The zero-order valence-electron chi connectivity index (χ0n) is 11.6. The van der Waals surface area contributed by atoms with Crippen molar-refractivity contribution in [1.82, 2.24) is 10.6 Å². The largest absolute Gasteiger partial charge is 0.355 e. The second-order valence-electron chi connectivity index (χ2n) is 5.88. The highest BCUT2D eigenvalue weighted by Crippen LogP contribution is 2.23. The quantitative estimate of drug-likeness (QED) is 0.748. The first kappa shape index (κ1) is 14.5. The van der Waals surface area contributed by atoms with Crippen molar-refractivity contribution >= 4 is 5.91 Å². The molecular formula is C14H28N2O. The molecule has 0 saturated heterocycles. The van der Waals surface area contributed by atoms with Gasteiger partial charge in [-0.05, 0) is 31.1 Å². The standard InChI is InChI=1S/C14H28N2O/c1-11(2)7-8-15-14(17)10-16-13-6-4-5-12(3)9-13/h11-13,16H,4-10H2,1-3H3,(H,15,17). The average Bonchev–Trinajstić information content (AvgIpc) is 2.26. The van der Waals surface area contributed by atoms with Gasteiger partial charge >= 0.3 is 0 Å². The molecule has 0 radical (unpaired) electrons. The fourth-order valence-corrected chi connectivity index (χ4v) is 2.42. The third kappa shape index (κ3) is 6.67. The van der Waals surface area contributed by atoms with Crippen molar-refractivity contribution in [2.75, 3.05) is 13.1 Å². The van der Waals surface area contributed by atoms with E-state index >= 15 is 0 Å². The maximum Gasteiger partial charge on any atom is 0.233 e. The van der Waals surface area contributed by atoms with Gasteiger partial charge < -0.3 is 10.6 Å². The number of carbonyl (C=O) groups is 1. The summed E-state index contributed by atoms with van der Waals surface area (Å²) in [5, 5.41) is 6.34. The molecule has 1 saturated carbocycles. The van der Waals surface area contributed by atoms with E-state index in [2.05, 4.69) is 31.4 Å². The molecule has 1 amide bonds. The molecule has 1 aliphatic rings. The van der Waals surface area contributed by atoms with E-state index in [1.165, 1.54) is 25.7 Å². The first-order valence-electron chi connectivity index (χ1n) is 7.08. The number of hydrogen-bond acceptors (Lipinski definition) is 2. The normalized spacial score (nSPS) is 24.9. The van der Waals surface area contributed by atoms with Crippen molar-refractivity contribution in [3.8, 4) is 0 Å². The summed E-state index contributed by atoms with van der Waals surface area (Å²) in [6.45, 7) is 7.94. The second kappa shape index (κ2) is 7.70. The summed E-state index contributed by atoms with van der Waals surface area (Å²) in [6, 6.07) is 0.551. The Labute approximate surface area is 106 Å². The van der Waals surface area contributed by atoms with Crippen LogP contribution in [0.15, 0.2) is 0 Å². The summed E-state index contributed by atoms with van der Waals surface area (Å²) in [5.74, 6) is 1.61. The Balaban J connectivity index is 2.06. The number of rotatable bonds is 6. The molecule has 0 aromatic heterocycles. The van der Waals surface area contributed by atoms with E-state index in [1.54, 1.807) is 0 Å². The van der Waals surface area contributed by atoms with Crippen molar-refractivity contribution in [2.45, 2.75) is 58.9 Å². The van der Waals surface area contributed by atoms with Crippen molar-refractivity contribution in [1.29, 1.82) is 0 Å². The minimum Gasteiger partial charge on any atom is -0.355 e. The minimum atomic E-state index is 0.142. The summed E-state index contributed by atoms with van der Waals surface area (Å²) < 4.78 is 0. The molecular weight excluding hydrogens is 212 g/mol. The fourth-order valence-electron chi connectivity index (χ4n) is 2.42. The molecule has 3 heteroatoms. The lowest BCUT2D eigenvalue weighted by molar-refractivity contribution is -0.120. The number of amides is 1. The monoisotopic (exact) mass is 240 g/mol. The van der Waals surface area contributed by atoms with Crippen LogP contribution < -0.4 is 10.6 Å². The molecule has 0 aromatic carbocycles. The molecule has 1 aliphatic carbocycles. The van der Waals surface area contributed by atoms with Crippen molar-refractivity contribution in [3.05, 3.63) is 0 Å². The van der Waals surface area contributed by atoms with E-state index in [0.29, 0.717) is 18.5 Å². The Bertz CT molecular complexity index is 228. The summed E-state index contributed by atoms with van der Waals surface area (Å²) >= 11 is 0. The maximum atomic E-state index is 11.6. The molecule has 0 bridgehead atoms. The van der Waals surface area contributed by atoms with Gasteiger partial charge in [-0.3, -0.25) is 4.79 Å². The van der Waals surface area contributed by atoms with Crippen LogP contribution in [0.4, 0.5) is 0 Å². The van der Waals surface area contributed by atoms with E-state index in [1.807, 2.05) is 0 Å². The molecule has 17 heavy (non-hydrogen) atoms. The summed E-state index contributed by atoms with van der Waals surface area (Å²) in [4.78, 5) is 11.6. The Morgan fingerprint density at radius 3 is 2.76 bits per heavy atom. The summed E-state index contributed by atoms with van der Waals surface area (Å²) in [5.41, 5.74) is 0. The van der Waals surface area contributed by atoms with Gasteiger partial charge in [-0.2, -0.15) is 0 Å². The number of hydrogen-bond donors (Lipinski definition) is 2. The first-order valence-corrected chi connectivity index (χ1v) is 7.08. The Morgan fingerprint density at radius 1 is 1.35 bits per heavy atom. The van der Waals surface area contributed by atoms with E-state index in [0.717, 1.165) is 18.9 Å². The fraction of sp³-hybridized carbons (Fsp3) is 0.929. The maximum absolute atomic E-state index is 11.6. The van der Waals surface area contributed by atoms with Crippen LogP contribution in [0.5, 0.6) is 0 Å². The van der Waals surface area contributed by atoms with Crippen LogP contribution in [-0.4, -0.2) is 25.0 Å². The molecule has 0 heterocycles. The lowest BCUT2D eigenvalue weighted by Gasteiger charge is -2.27. The molecule has 2 atom stereocenters. The Hall–Kier alpha value is -0.570. The van der Waals surface area contributed by atoms with Gasteiger partial charge in [-0.15, -0.1) is 0 Å². The second-order valence-corrected chi connectivity index (χ2v) is 5.88. The Morgan fingerprint density at radius 2 is 2.12 bits per heavy atom. The first-order chi connectivity index (χ1) is 8.08. The predicted octanol–water partition coefficient (Wildman–Crippen LogP) is 2.32. The molecule has 2 N–H and O–H groups in total. The highest BCUT2D eigenvalue weighted by atomic mass is 16.1. The highest BCUT2D eigenvalue weighted by molar-refractivity contribution is 5.77. The smallest absolute Gasteiger partial charge is 0.233 e. The van der Waals surface area contributed by atoms with E-state index in [9.17, 15) is 4.79 Å². The molecule has 3 nitrogen and oxygen atoms in total. The van der Waals surface area contributed by atoms with Crippen LogP contribution in [0.1, 0.15) is 52.9 Å². The van der Waals surface area contributed by atoms with Crippen LogP contribution in [0.2, 0.25) is 0 Å². The molecule has 1 rings (SSSR count). The number of carbonyl (C=O) groups excluding carboxylic acids is 1. The molecule has 0 spiro atoms. The van der Waals surface area contributed by atoms with Gasteiger partial charge in [-0.1, -0.05) is 33.6 Å². The third-order valence-corrected chi connectivity index (χ3v) is 3.53. The zero-order valence-corrected chi connectivity index (χ0v) is 11.6. The summed E-state index contributed by atoms with van der Waals surface area (Å²) in [7, 11) is 0. The van der Waals surface area contributed by atoms with Crippen molar-refractivity contribution in [3.63, 3.8) is 0 Å². The average molecular weight is 240 g/mol.